The highest BCUT2D eigenvalue weighted by Crippen LogP contribution is 2.44. The lowest BCUT2D eigenvalue weighted by molar-refractivity contribution is -0.146. The van der Waals surface area contributed by atoms with Gasteiger partial charge in [-0.15, -0.1) is 11.8 Å². The molecule has 3 heteroatoms. The zero-order chi connectivity index (χ0) is 7.35. The molecule has 0 saturated carbocycles. The number of amides is 1. The van der Waals surface area contributed by atoms with Gasteiger partial charge in [0.15, 0.2) is 0 Å². The molecule has 2 aliphatic heterocycles. The molecule has 2 aliphatic rings. The van der Waals surface area contributed by atoms with Crippen molar-refractivity contribution in [1.82, 2.24) is 4.90 Å². The van der Waals surface area contributed by atoms with Crippen molar-refractivity contribution in [2.75, 3.05) is 5.75 Å². The van der Waals surface area contributed by atoms with Gasteiger partial charge in [-0.1, -0.05) is 0 Å². The van der Waals surface area contributed by atoms with Gasteiger partial charge in [-0.3, -0.25) is 4.79 Å². The molecule has 0 aromatic carbocycles. The Balaban J connectivity index is 2.22. The maximum Gasteiger partial charge on any atom is 0.226 e. The monoisotopic (exact) mass is 157 g/mol. The Morgan fingerprint density at radius 2 is 2.40 bits per heavy atom. The van der Waals surface area contributed by atoms with Crippen molar-refractivity contribution < 1.29 is 4.79 Å². The third-order valence-electron chi connectivity index (χ3n) is 2.19. The SMILES string of the molecule is CC1(C)CSC2CC(=O)N21. The maximum atomic E-state index is 11.0. The Hall–Kier alpha value is -0.180. The zero-order valence-corrected chi connectivity index (χ0v) is 7.07. The molecule has 0 N–H and O–H groups in total. The van der Waals surface area contributed by atoms with Gasteiger partial charge in [0.25, 0.3) is 0 Å². The summed E-state index contributed by atoms with van der Waals surface area (Å²) in [6.07, 6.45) is 0.772. The van der Waals surface area contributed by atoms with Gasteiger partial charge in [-0.05, 0) is 13.8 Å². The fraction of sp³-hybridized carbons (Fsp3) is 0.857. The summed E-state index contributed by atoms with van der Waals surface area (Å²) in [5.41, 5.74) is 0.130. The van der Waals surface area contributed by atoms with E-state index >= 15 is 0 Å². The number of rotatable bonds is 0. The fourth-order valence-electron chi connectivity index (χ4n) is 1.62. The summed E-state index contributed by atoms with van der Waals surface area (Å²) in [5.74, 6) is 1.43. The normalized spacial score (nSPS) is 35.6. The number of carbonyl (C=O) groups is 1. The summed E-state index contributed by atoms with van der Waals surface area (Å²) in [6, 6.07) is 0. The molecule has 0 bridgehead atoms. The molecule has 2 heterocycles. The van der Waals surface area contributed by atoms with E-state index in [0.717, 1.165) is 12.2 Å². The number of thioether (sulfide) groups is 1. The Morgan fingerprint density at radius 3 is 2.80 bits per heavy atom. The first-order valence-corrected chi connectivity index (χ1v) is 4.60. The van der Waals surface area contributed by atoms with Crippen LogP contribution in [0.4, 0.5) is 0 Å². The van der Waals surface area contributed by atoms with E-state index in [1.165, 1.54) is 0 Å². The number of fused-ring (bicyclic) bond motifs is 1. The maximum absolute atomic E-state index is 11.0. The minimum absolute atomic E-state index is 0.130. The van der Waals surface area contributed by atoms with Crippen LogP contribution in [0.5, 0.6) is 0 Å². The predicted octanol–water partition coefficient (Wildman–Crippen LogP) is 1.07. The molecule has 10 heavy (non-hydrogen) atoms. The Morgan fingerprint density at radius 1 is 1.70 bits per heavy atom. The second-order valence-corrected chi connectivity index (χ2v) is 4.71. The van der Waals surface area contributed by atoms with Crippen molar-refractivity contribution in [3.8, 4) is 0 Å². The Labute approximate surface area is 65.0 Å². The second-order valence-electron chi connectivity index (χ2n) is 3.55. The molecule has 56 valence electrons. The molecule has 2 nitrogen and oxygen atoms in total. The molecule has 1 amide bonds. The third-order valence-corrected chi connectivity index (χ3v) is 3.82. The summed E-state index contributed by atoms with van der Waals surface area (Å²) in [6.45, 7) is 4.27. The van der Waals surface area contributed by atoms with E-state index in [1.54, 1.807) is 0 Å². The lowest BCUT2D eigenvalue weighted by atomic mass is 10.0. The molecule has 0 aromatic heterocycles. The van der Waals surface area contributed by atoms with Crippen LogP contribution in [-0.2, 0) is 4.79 Å². The summed E-state index contributed by atoms with van der Waals surface area (Å²) in [5, 5.41) is 0.516. The van der Waals surface area contributed by atoms with Crippen molar-refractivity contribution in [2.24, 2.45) is 0 Å². The summed E-state index contributed by atoms with van der Waals surface area (Å²) in [7, 11) is 0. The van der Waals surface area contributed by atoms with E-state index in [0.29, 0.717) is 11.3 Å². The molecular weight excluding hydrogens is 146 g/mol. The lowest BCUT2D eigenvalue weighted by Crippen LogP contribution is -2.56. The quantitative estimate of drug-likeness (QED) is 0.490. The first kappa shape index (κ1) is 6.53. The van der Waals surface area contributed by atoms with Crippen LogP contribution in [0.2, 0.25) is 0 Å². The van der Waals surface area contributed by atoms with Crippen LogP contribution < -0.4 is 0 Å². The smallest absolute Gasteiger partial charge is 0.226 e. The van der Waals surface area contributed by atoms with Crippen molar-refractivity contribution in [1.29, 1.82) is 0 Å². The molecule has 1 unspecified atom stereocenters. The van der Waals surface area contributed by atoms with E-state index in [2.05, 4.69) is 13.8 Å². The second kappa shape index (κ2) is 1.70. The minimum Gasteiger partial charge on any atom is -0.324 e. The highest BCUT2D eigenvalue weighted by Gasteiger charge is 2.50. The van der Waals surface area contributed by atoms with Gasteiger partial charge in [-0.25, -0.2) is 0 Å². The number of hydrogen-bond acceptors (Lipinski definition) is 2. The van der Waals surface area contributed by atoms with Gasteiger partial charge >= 0.3 is 0 Å². The van der Waals surface area contributed by atoms with Crippen molar-refractivity contribution in [3.05, 3.63) is 0 Å². The average Bonchev–Trinajstić information content (AvgIpc) is 1.99. The topological polar surface area (TPSA) is 20.3 Å². The molecule has 1 atom stereocenters. The molecule has 0 spiro atoms. The van der Waals surface area contributed by atoms with E-state index in [9.17, 15) is 4.79 Å². The number of carbonyl (C=O) groups excluding carboxylic acids is 1. The van der Waals surface area contributed by atoms with E-state index in [4.69, 9.17) is 0 Å². The van der Waals surface area contributed by atoms with E-state index < -0.39 is 0 Å². The predicted molar refractivity (Wildman–Crippen MR) is 41.8 cm³/mol. The van der Waals surface area contributed by atoms with E-state index in [1.807, 2.05) is 16.7 Å². The van der Waals surface area contributed by atoms with Gasteiger partial charge in [-0.2, -0.15) is 0 Å². The van der Waals surface area contributed by atoms with Crippen LogP contribution in [0, 0.1) is 0 Å². The lowest BCUT2D eigenvalue weighted by Gasteiger charge is -2.42. The van der Waals surface area contributed by atoms with Gasteiger partial charge in [0, 0.05) is 11.3 Å². The zero-order valence-electron chi connectivity index (χ0n) is 6.26. The average molecular weight is 157 g/mol. The molecule has 2 fully saturated rings. The van der Waals surface area contributed by atoms with Crippen molar-refractivity contribution in [3.63, 3.8) is 0 Å². The third kappa shape index (κ3) is 0.641. The van der Waals surface area contributed by atoms with Crippen LogP contribution in [-0.4, -0.2) is 27.5 Å². The highest BCUT2D eigenvalue weighted by molar-refractivity contribution is 8.00. The molecule has 2 rings (SSSR count). The minimum atomic E-state index is 0.130. The standard InChI is InChI=1S/C7H11NOS/c1-7(2)4-10-6-3-5(9)8(6)7/h6H,3-4H2,1-2H3. The largest absolute Gasteiger partial charge is 0.324 e. The summed E-state index contributed by atoms with van der Waals surface area (Å²) >= 11 is 1.91. The number of β-lactam (4-membered cyclic amide) rings is 1. The van der Waals surface area contributed by atoms with Crippen LogP contribution in [0.25, 0.3) is 0 Å². The van der Waals surface area contributed by atoms with Crippen molar-refractivity contribution >= 4 is 17.7 Å². The number of hydrogen-bond donors (Lipinski definition) is 0. The fourth-order valence-corrected chi connectivity index (χ4v) is 3.17. The highest BCUT2D eigenvalue weighted by atomic mass is 32.2. The van der Waals surface area contributed by atoms with Gasteiger partial charge in [0.05, 0.1) is 11.8 Å². The van der Waals surface area contributed by atoms with Gasteiger partial charge in [0.1, 0.15) is 0 Å². The van der Waals surface area contributed by atoms with E-state index in [-0.39, 0.29) is 5.54 Å². The van der Waals surface area contributed by atoms with Crippen molar-refractivity contribution in [2.45, 2.75) is 31.2 Å². The van der Waals surface area contributed by atoms with Crippen LogP contribution >= 0.6 is 11.8 Å². The number of nitrogens with zero attached hydrogens (tertiary/aromatic N) is 1. The molecule has 2 saturated heterocycles. The molecule has 0 radical (unpaired) electrons. The van der Waals surface area contributed by atoms with Gasteiger partial charge in [0.2, 0.25) is 5.91 Å². The molecular formula is C7H11NOS. The van der Waals surface area contributed by atoms with Gasteiger partial charge < -0.3 is 4.90 Å². The Kier molecular flexibility index (Phi) is 1.11. The summed E-state index contributed by atoms with van der Waals surface area (Å²) in [4.78, 5) is 13.1. The molecule has 0 aromatic rings. The summed E-state index contributed by atoms with van der Waals surface area (Å²) < 4.78 is 0. The first-order valence-electron chi connectivity index (χ1n) is 3.55. The van der Waals surface area contributed by atoms with Crippen LogP contribution in [0.1, 0.15) is 20.3 Å². The first-order chi connectivity index (χ1) is 4.61. The van der Waals surface area contributed by atoms with Crippen LogP contribution in [0.3, 0.4) is 0 Å². The molecule has 0 aliphatic carbocycles. The van der Waals surface area contributed by atoms with Crippen LogP contribution in [0.15, 0.2) is 0 Å². The Bertz CT molecular complexity index is 190.